The Balaban J connectivity index is 2.00. The van der Waals surface area contributed by atoms with Crippen LogP contribution in [-0.2, 0) is 0 Å². The molecule has 1 atom stereocenters. The third-order valence-corrected chi connectivity index (χ3v) is 4.40. The lowest BCUT2D eigenvalue weighted by Gasteiger charge is -2.23. The van der Waals surface area contributed by atoms with Crippen LogP contribution in [0.1, 0.15) is 76.6 Å². The monoisotopic (exact) mass is 280 g/mol. The highest BCUT2D eigenvalue weighted by Gasteiger charge is 2.23. The summed E-state index contributed by atoms with van der Waals surface area (Å²) in [6.07, 6.45) is 9.89. The van der Waals surface area contributed by atoms with Crippen molar-refractivity contribution in [3.63, 3.8) is 0 Å². The first kappa shape index (κ1) is 15.4. The first-order valence-electron chi connectivity index (χ1n) is 7.93. The molecule has 1 aliphatic rings. The molecular formula is C16H28N2O2. The van der Waals surface area contributed by atoms with Gasteiger partial charge in [0.15, 0.2) is 5.75 Å². The minimum absolute atomic E-state index is 0.234. The normalized spacial score (nSPS) is 18.4. The van der Waals surface area contributed by atoms with Gasteiger partial charge in [-0.2, -0.15) is 5.10 Å². The summed E-state index contributed by atoms with van der Waals surface area (Å²) in [6, 6.07) is 0.234. The molecule has 1 fully saturated rings. The largest absolute Gasteiger partial charge is 0.493 e. The van der Waals surface area contributed by atoms with E-state index in [1.54, 1.807) is 13.3 Å². The number of hydrogen-bond donors (Lipinski definition) is 1. The van der Waals surface area contributed by atoms with E-state index in [0.29, 0.717) is 5.75 Å². The minimum atomic E-state index is -0.475. The van der Waals surface area contributed by atoms with Gasteiger partial charge in [-0.25, -0.2) is 0 Å². The van der Waals surface area contributed by atoms with Gasteiger partial charge in [0, 0.05) is 6.04 Å². The first-order valence-corrected chi connectivity index (χ1v) is 7.93. The summed E-state index contributed by atoms with van der Waals surface area (Å²) in [7, 11) is 1.64. The predicted molar refractivity (Wildman–Crippen MR) is 79.9 cm³/mol. The Hall–Kier alpha value is -1.03. The highest BCUT2D eigenvalue weighted by atomic mass is 16.5. The van der Waals surface area contributed by atoms with Crippen LogP contribution in [0.25, 0.3) is 0 Å². The van der Waals surface area contributed by atoms with Crippen LogP contribution in [-0.4, -0.2) is 22.0 Å². The van der Waals surface area contributed by atoms with E-state index < -0.39 is 6.10 Å². The van der Waals surface area contributed by atoms with E-state index >= 15 is 0 Å². The maximum atomic E-state index is 10.5. The van der Waals surface area contributed by atoms with Crippen LogP contribution < -0.4 is 4.74 Å². The Labute approximate surface area is 122 Å². The molecule has 1 heterocycles. The van der Waals surface area contributed by atoms with Gasteiger partial charge in [-0.05, 0) is 32.6 Å². The molecule has 0 bridgehead atoms. The third kappa shape index (κ3) is 3.54. The molecule has 20 heavy (non-hydrogen) atoms. The molecule has 0 radical (unpaired) electrons. The predicted octanol–water partition coefficient (Wildman–Crippen LogP) is 3.87. The number of aliphatic hydroxyl groups is 1. The van der Waals surface area contributed by atoms with Crippen LogP contribution in [0.15, 0.2) is 6.20 Å². The second kappa shape index (κ2) is 7.11. The number of methoxy groups -OCH3 is 1. The molecule has 2 rings (SSSR count). The molecule has 1 saturated carbocycles. The molecule has 0 amide bonds. The lowest BCUT2D eigenvalue weighted by Crippen LogP contribution is -2.14. The first-order chi connectivity index (χ1) is 9.63. The van der Waals surface area contributed by atoms with Gasteiger partial charge >= 0.3 is 0 Å². The van der Waals surface area contributed by atoms with Gasteiger partial charge in [-0.1, -0.05) is 32.1 Å². The maximum Gasteiger partial charge on any atom is 0.162 e. The molecule has 0 saturated heterocycles. The molecule has 0 aromatic carbocycles. The lowest BCUT2D eigenvalue weighted by atomic mass is 9.85. The van der Waals surface area contributed by atoms with Crippen molar-refractivity contribution >= 4 is 0 Å². The Morgan fingerprint density at radius 2 is 2.05 bits per heavy atom. The third-order valence-electron chi connectivity index (χ3n) is 4.40. The van der Waals surface area contributed by atoms with Gasteiger partial charge in [0.25, 0.3) is 0 Å². The second-order valence-electron chi connectivity index (χ2n) is 6.23. The summed E-state index contributed by atoms with van der Waals surface area (Å²) >= 11 is 0. The summed E-state index contributed by atoms with van der Waals surface area (Å²) in [5.74, 6) is 1.50. The van der Waals surface area contributed by atoms with Crippen molar-refractivity contribution in [1.82, 2.24) is 9.78 Å². The summed E-state index contributed by atoms with van der Waals surface area (Å²) in [4.78, 5) is 0. The topological polar surface area (TPSA) is 47.3 Å². The molecule has 0 aliphatic heterocycles. The Bertz CT molecular complexity index is 409. The zero-order valence-corrected chi connectivity index (χ0v) is 13.0. The van der Waals surface area contributed by atoms with Crippen LogP contribution >= 0.6 is 0 Å². The highest BCUT2D eigenvalue weighted by molar-refractivity contribution is 5.27. The Morgan fingerprint density at radius 3 is 2.65 bits per heavy atom. The fourth-order valence-electron chi connectivity index (χ4n) is 3.25. The maximum absolute atomic E-state index is 10.5. The van der Waals surface area contributed by atoms with E-state index in [1.165, 1.54) is 32.1 Å². The zero-order valence-electron chi connectivity index (χ0n) is 13.0. The standard InChI is InChI=1S/C16H28N2O2/c1-12(2)18-16(15(20-3)11-17-18)14(19)10-9-13-7-5-4-6-8-13/h11-14,19H,4-10H2,1-3H3. The quantitative estimate of drug-likeness (QED) is 0.860. The second-order valence-corrected chi connectivity index (χ2v) is 6.23. The average molecular weight is 280 g/mol. The van der Waals surface area contributed by atoms with Crippen LogP contribution in [0.4, 0.5) is 0 Å². The summed E-state index contributed by atoms with van der Waals surface area (Å²) in [6.45, 7) is 4.15. The van der Waals surface area contributed by atoms with Crippen LogP contribution in [0.2, 0.25) is 0 Å². The van der Waals surface area contributed by atoms with Crippen LogP contribution in [0, 0.1) is 5.92 Å². The molecule has 4 heteroatoms. The van der Waals surface area contributed by atoms with E-state index in [2.05, 4.69) is 18.9 Å². The molecular weight excluding hydrogens is 252 g/mol. The summed E-state index contributed by atoms with van der Waals surface area (Å²) in [5, 5.41) is 14.9. The lowest BCUT2D eigenvalue weighted by molar-refractivity contribution is 0.136. The molecule has 4 nitrogen and oxygen atoms in total. The van der Waals surface area contributed by atoms with E-state index in [-0.39, 0.29) is 6.04 Å². The van der Waals surface area contributed by atoms with Crippen molar-refractivity contribution in [1.29, 1.82) is 0 Å². The van der Waals surface area contributed by atoms with E-state index in [1.807, 2.05) is 4.68 Å². The molecule has 1 aromatic rings. The number of nitrogens with zero attached hydrogens (tertiary/aromatic N) is 2. The summed E-state index contributed by atoms with van der Waals surface area (Å²) < 4.78 is 7.23. The van der Waals surface area contributed by atoms with Crippen molar-refractivity contribution in [3.05, 3.63) is 11.9 Å². The van der Waals surface area contributed by atoms with Gasteiger partial charge in [-0.15, -0.1) is 0 Å². The van der Waals surface area contributed by atoms with Crippen molar-refractivity contribution < 1.29 is 9.84 Å². The van der Waals surface area contributed by atoms with Crippen molar-refractivity contribution in [2.24, 2.45) is 5.92 Å². The average Bonchev–Trinajstić information content (AvgIpc) is 2.90. The number of aliphatic hydroxyl groups excluding tert-OH is 1. The minimum Gasteiger partial charge on any atom is -0.493 e. The van der Waals surface area contributed by atoms with Gasteiger partial charge < -0.3 is 9.84 Å². The zero-order chi connectivity index (χ0) is 14.5. The van der Waals surface area contributed by atoms with E-state index in [4.69, 9.17) is 4.74 Å². The molecule has 1 aliphatic carbocycles. The number of rotatable bonds is 6. The Kier molecular flexibility index (Phi) is 5.46. The van der Waals surface area contributed by atoms with Crippen LogP contribution in [0.5, 0.6) is 5.75 Å². The van der Waals surface area contributed by atoms with Gasteiger partial charge in [-0.3, -0.25) is 4.68 Å². The highest BCUT2D eigenvalue weighted by Crippen LogP contribution is 2.34. The van der Waals surface area contributed by atoms with Crippen molar-refractivity contribution in [2.45, 2.75) is 70.9 Å². The van der Waals surface area contributed by atoms with Gasteiger partial charge in [0.1, 0.15) is 5.69 Å². The van der Waals surface area contributed by atoms with E-state index in [0.717, 1.165) is 24.5 Å². The fraction of sp³-hybridized carbons (Fsp3) is 0.812. The SMILES string of the molecule is COc1cnn(C(C)C)c1C(O)CCC1CCCCC1. The van der Waals surface area contributed by atoms with Crippen molar-refractivity contribution in [3.8, 4) is 5.75 Å². The number of aromatic nitrogens is 2. The van der Waals surface area contributed by atoms with Crippen LogP contribution in [0.3, 0.4) is 0 Å². The number of ether oxygens (including phenoxy) is 1. The van der Waals surface area contributed by atoms with E-state index in [9.17, 15) is 5.11 Å². The molecule has 114 valence electrons. The molecule has 1 aromatic heterocycles. The Morgan fingerprint density at radius 1 is 1.35 bits per heavy atom. The molecule has 1 N–H and O–H groups in total. The molecule has 0 spiro atoms. The smallest absolute Gasteiger partial charge is 0.162 e. The fourth-order valence-corrected chi connectivity index (χ4v) is 3.25. The van der Waals surface area contributed by atoms with Crippen molar-refractivity contribution in [2.75, 3.05) is 7.11 Å². The van der Waals surface area contributed by atoms with Gasteiger partial charge in [0.05, 0.1) is 19.4 Å². The summed E-state index contributed by atoms with van der Waals surface area (Å²) in [5.41, 5.74) is 0.832. The van der Waals surface area contributed by atoms with Gasteiger partial charge in [0.2, 0.25) is 0 Å². The number of hydrogen-bond acceptors (Lipinski definition) is 3. The molecule has 1 unspecified atom stereocenters.